The molecule has 0 spiro atoms. The Bertz CT molecular complexity index is 1360. The van der Waals surface area contributed by atoms with E-state index in [9.17, 15) is 0 Å². The normalized spacial score (nSPS) is 12.3. The summed E-state index contributed by atoms with van der Waals surface area (Å²) >= 11 is 0. The van der Waals surface area contributed by atoms with Gasteiger partial charge in [0.05, 0.1) is 5.39 Å². The van der Waals surface area contributed by atoms with Crippen molar-refractivity contribution in [3.8, 4) is 0 Å². The van der Waals surface area contributed by atoms with E-state index in [1.807, 2.05) is 36.4 Å². The zero-order valence-electron chi connectivity index (χ0n) is 12.0. The highest BCUT2D eigenvalue weighted by atomic mass is 16.5. The Labute approximate surface area is 129 Å². The molecule has 0 aliphatic rings. The maximum Gasteiger partial charge on any atom is 0.299 e. The third-order valence-electron chi connectivity index (χ3n) is 4.53. The summed E-state index contributed by atoms with van der Waals surface area (Å²) in [6, 6.07) is 20.2. The van der Waals surface area contributed by atoms with E-state index < -0.39 is 0 Å². The molecule has 0 bridgehead atoms. The van der Waals surface area contributed by atoms with Crippen molar-refractivity contribution in [3.63, 3.8) is 0 Å². The molecule has 3 aromatic carbocycles. The molecule has 23 heavy (non-hydrogen) atoms. The van der Waals surface area contributed by atoms with Crippen LogP contribution in [0.4, 0.5) is 0 Å². The lowest BCUT2D eigenvalue weighted by Gasteiger charge is -1.92. The van der Waals surface area contributed by atoms with Crippen LogP contribution >= 0.6 is 0 Å². The van der Waals surface area contributed by atoms with Crippen LogP contribution in [0.2, 0.25) is 0 Å². The van der Waals surface area contributed by atoms with E-state index in [0.29, 0.717) is 5.78 Å². The third-order valence-corrected chi connectivity index (χ3v) is 4.53. The minimum Gasteiger partial charge on any atom is -0.452 e. The summed E-state index contributed by atoms with van der Waals surface area (Å²) in [5, 5.41) is 5.27. The molecule has 0 unspecified atom stereocenters. The Hall–Kier alpha value is -3.20. The number of hydrogen-bond donors (Lipinski definition) is 0. The van der Waals surface area contributed by atoms with E-state index in [-0.39, 0.29) is 0 Å². The Morgan fingerprint density at radius 1 is 0.478 bits per heavy atom. The minimum absolute atomic E-state index is 0.550. The molecular weight excluding hydrogens is 288 g/mol. The predicted octanol–water partition coefficient (Wildman–Crippen LogP) is 6.23. The van der Waals surface area contributed by atoms with Gasteiger partial charge in [-0.1, -0.05) is 36.4 Å². The van der Waals surface area contributed by atoms with Gasteiger partial charge in [0.15, 0.2) is 11.2 Å². The van der Waals surface area contributed by atoms with E-state index in [4.69, 9.17) is 13.3 Å². The number of furan rings is 3. The number of rotatable bonds is 0. The molecule has 0 radical (unpaired) electrons. The molecule has 0 atom stereocenters. The van der Waals surface area contributed by atoms with E-state index in [1.54, 1.807) is 0 Å². The van der Waals surface area contributed by atoms with Crippen LogP contribution in [0.15, 0.2) is 73.9 Å². The second-order valence-electron chi connectivity index (χ2n) is 5.78. The van der Waals surface area contributed by atoms with Gasteiger partial charge < -0.3 is 13.3 Å². The molecule has 6 rings (SSSR count). The van der Waals surface area contributed by atoms with Crippen molar-refractivity contribution in [1.29, 1.82) is 0 Å². The molecule has 3 heterocycles. The number of hydrogen-bond acceptors (Lipinski definition) is 3. The summed E-state index contributed by atoms with van der Waals surface area (Å²) in [7, 11) is 0. The third kappa shape index (κ3) is 1.30. The first-order chi connectivity index (χ1) is 11.4. The highest BCUT2D eigenvalue weighted by molar-refractivity contribution is 6.23. The van der Waals surface area contributed by atoms with Crippen LogP contribution in [0.25, 0.3) is 55.0 Å². The molecule has 0 saturated heterocycles. The lowest BCUT2D eigenvalue weighted by molar-refractivity contribution is 0.522. The van der Waals surface area contributed by atoms with Crippen LogP contribution in [-0.2, 0) is 0 Å². The number of benzene rings is 3. The Morgan fingerprint density at radius 2 is 1.13 bits per heavy atom. The quantitative estimate of drug-likeness (QED) is 0.333. The van der Waals surface area contributed by atoms with Crippen molar-refractivity contribution >= 4 is 55.0 Å². The zero-order chi connectivity index (χ0) is 15.0. The lowest BCUT2D eigenvalue weighted by Crippen LogP contribution is -1.69. The highest BCUT2D eigenvalue weighted by Gasteiger charge is 2.19. The first-order valence-corrected chi connectivity index (χ1v) is 7.54. The van der Waals surface area contributed by atoms with Gasteiger partial charge in [0.25, 0.3) is 5.78 Å². The topological polar surface area (TPSA) is 39.4 Å². The molecule has 108 valence electrons. The molecule has 3 nitrogen and oxygen atoms in total. The van der Waals surface area contributed by atoms with Gasteiger partial charge in [0, 0.05) is 21.5 Å². The van der Waals surface area contributed by atoms with Crippen molar-refractivity contribution in [2.24, 2.45) is 0 Å². The fraction of sp³-hybridized carbons (Fsp3) is 0. The molecule has 0 amide bonds. The standard InChI is InChI=1S/C20H10O3/c1-3-7-15-11(5-1)12-9-10-14-17-13-6-2-4-8-16(13)22-20(17)23-19(14)18(12)21-15/h1-10H. The maximum absolute atomic E-state index is 6.04. The molecule has 0 saturated carbocycles. The van der Waals surface area contributed by atoms with Crippen molar-refractivity contribution < 1.29 is 13.3 Å². The zero-order valence-corrected chi connectivity index (χ0v) is 12.0. The average Bonchev–Trinajstić information content (AvgIpc) is 3.23. The second-order valence-corrected chi connectivity index (χ2v) is 5.78. The fourth-order valence-corrected chi connectivity index (χ4v) is 3.51. The molecule has 6 aromatic rings. The van der Waals surface area contributed by atoms with Gasteiger partial charge in [0.1, 0.15) is 11.2 Å². The summed E-state index contributed by atoms with van der Waals surface area (Å²) in [5.74, 6) is 0.550. The van der Waals surface area contributed by atoms with Crippen LogP contribution in [0, 0.1) is 0 Å². The van der Waals surface area contributed by atoms with Gasteiger partial charge in [-0.3, -0.25) is 0 Å². The molecule has 0 aliphatic heterocycles. The first-order valence-electron chi connectivity index (χ1n) is 7.54. The second kappa shape index (κ2) is 3.76. The van der Waals surface area contributed by atoms with E-state index in [0.717, 1.165) is 49.3 Å². The van der Waals surface area contributed by atoms with Crippen LogP contribution in [0.1, 0.15) is 0 Å². The van der Waals surface area contributed by atoms with Crippen molar-refractivity contribution in [1.82, 2.24) is 0 Å². The Morgan fingerprint density at radius 3 is 2.00 bits per heavy atom. The van der Waals surface area contributed by atoms with Crippen LogP contribution in [0.3, 0.4) is 0 Å². The Balaban J connectivity index is 1.89. The number of para-hydroxylation sites is 2. The first kappa shape index (κ1) is 11.4. The van der Waals surface area contributed by atoms with Crippen LogP contribution < -0.4 is 0 Å². The largest absolute Gasteiger partial charge is 0.452 e. The summed E-state index contributed by atoms with van der Waals surface area (Å²) < 4.78 is 17.9. The fourth-order valence-electron chi connectivity index (χ4n) is 3.51. The smallest absolute Gasteiger partial charge is 0.299 e. The van der Waals surface area contributed by atoms with Crippen molar-refractivity contribution in [2.45, 2.75) is 0 Å². The van der Waals surface area contributed by atoms with Gasteiger partial charge in [-0.05, 0) is 24.3 Å². The summed E-state index contributed by atoms with van der Waals surface area (Å²) in [6.07, 6.45) is 0. The SMILES string of the molecule is c1ccc2c(c1)oc1c2ccc2c1oc1oc3ccccc3c12. The average molecular weight is 298 g/mol. The maximum atomic E-state index is 6.04. The molecule has 0 aliphatic carbocycles. The van der Waals surface area contributed by atoms with Gasteiger partial charge in [-0.2, -0.15) is 0 Å². The summed E-state index contributed by atoms with van der Waals surface area (Å²) in [5.41, 5.74) is 3.23. The lowest BCUT2D eigenvalue weighted by atomic mass is 10.1. The molecule has 0 fully saturated rings. The van der Waals surface area contributed by atoms with Crippen LogP contribution in [-0.4, -0.2) is 0 Å². The number of fused-ring (bicyclic) bond motifs is 9. The van der Waals surface area contributed by atoms with Gasteiger partial charge >= 0.3 is 0 Å². The van der Waals surface area contributed by atoms with Crippen molar-refractivity contribution in [2.75, 3.05) is 0 Å². The minimum atomic E-state index is 0.550. The summed E-state index contributed by atoms with van der Waals surface area (Å²) in [4.78, 5) is 0. The van der Waals surface area contributed by atoms with E-state index >= 15 is 0 Å². The van der Waals surface area contributed by atoms with E-state index in [2.05, 4.69) is 24.3 Å². The van der Waals surface area contributed by atoms with Crippen molar-refractivity contribution in [3.05, 3.63) is 60.7 Å². The molecule has 0 N–H and O–H groups in total. The molecular formula is C20H10O3. The van der Waals surface area contributed by atoms with Crippen LogP contribution in [0.5, 0.6) is 0 Å². The molecule has 3 heteroatoms. The van der Waals surface area contributed by atoms with Gasteiger partial charge in [-0.25, -0.2) is 0 Å². The predicted molar refractivity (Wildman–Crippen MR) is 90.8 cm³/mol. The Kier molecular flexibility index (Phi) is 1.86. The monoisotopic (exact) mass is 298 g/mol. The highest BCUT2D eigenvalue weighted by Crippen LogP contribution is 2.41. The summed E-state index contributed by atoms with van der Waals surface area (Å²) in [6.45, 7) is 0. The molecule has 3 aromatic heterocycles. The van der Waals surface area contributed by atoms with Gasteiger partial charge in [0.2, 0.25) is 0 Å². The van der Waals surface area contributed by atoms with E-state index in [1.165, 1.54) is 0 Å². The van der Waals surface area contributed by atoms with Gasteiger partial charge in [-0.15, -0.1) is 0 Å².